The molecular weight excluding hydrogens is 211 g/mol. The maximum Gasteiger partial charge on any atom is 0.136 e. The SMILES string of the molecule is COc1ccc(F)c2c(Cl)csc12. The minimum atomic E-state index is -0.304. The molecule has 0 aliphatic carbocycles. The summed E-state index contributed by atoms with van der Waals surface area (Å²) in [6.07, 6.45) is 0. The minimum Gasteiger partial charge on any atom is -0.495 e. The van der Waals surface area contributed by atoms with E-state index in [1.807, 2.05) is 0 Å². The number of hydrogen-bond donors (Lipinski definition) is 0. The van der Waals surface area contributed by atoms with Crippen molar-refractivity contribution in [2.24, 2.45) is 0 Å². The number of rotatable bonds is 1. The normalized spacial score (nSPS) is 10.7. The molecule has 0 saturated carbocycles. The molecule has 0 atom stereocenters. The second-order valence-electron chi connectivity index (χ2n) is 2.54. The smallest absolute Gasteiger partial charge is 0.136 e. The molecule has 2 rings (SSSR count). The van der Waals surface area contributed by atoms with Crippen molar-refractivity contribution >= 4 is 33.0 Å². The van der Waals surface area contributed by atoms with E-state index < -0.39 is 0 Å². The van der Waals surface area contributed by atoms with Crippen molar-refractivity contribution < 1.29 is 9.13 Å². The first-order valence-electron chi connectivity index (χ1n) is 3.63. The molecule has 0 radical (unpaired) electrons. The fraction of sp³-hybridized carbons (Fsp3) is 0.111. The maximum absolute atomic E-state index is 13.3. The summed E-state index contributed by atoms with van der Waals surface area (Å²) >= 11 is 7.20. The Morgan fingerprint density at radius 3 is 2.92 bits per heavy atom. The molecule has 68 valence electrons. The first kappa shape index (κ1) is 8.78. The molecule has 0 saturated heterocycles. The zero-order valence-corrected chi connectivity index (χ0v) is 8.38. The Bertz CT molecular complexity index is 452. The van der Waals surface area contributed by atoms with Crippen molar-refractivity contribution in [1.82, 2.24) is 0 Å². The molecule has 0 unspecified atom stereocenters. The van der Waals surface area contributed by atoms with Crippen LogP contribution in [0.1, 0.15) is 0 Å². The van der Waals surface area contributed by atoms with Gasteiger partial charge in [-0.1, -0.05) is 11.6 Å². The predicted octanol–water partition coefficient (Wildman–Crippen LogP) is 3.70. The van der Waals surface area contributed by atoms with Gasteiger partial charge in [-0.3, -0.25) is 0 Å². The quantitative estimate of drug-likeness (QED) is 0.706. The van der Waals surface area contributed by atoms with Crippen molar-refractivity contribution in [3.63, 3.8) is 0 Å². The fourth-order valence-corrected chi connectivity index (χ4v) is 2.52. The number of fused-ring (bicyclic) bond motifs is 1. The van der Waals surface area contributed by atoms with Gasteiger partial charge in [0, 0.05) is 5.38 Å². The lowest BCUT2D eigenvalue weighted by molar-refractivity contribution is 0.420. The van der Waals surface area contributed by atoms with Crippen LogP contribution in [0.15, 0.2) is 17.5 Å². The summed E-state index contributed by atoms with van der Waals surface area (Å²) in [6.45, 7) is 0. The Morgan fingerprint density at radius 2 is 2.23 bits per heavy atom. The van der Waals surface area contributed by atoms with E-state index in [0.717, 1.165) is 4.70 Å². The molecule has 0 aliphatic heterocycles. The highest BCUT2D eigenvalue weighted by molar-refractivity contribution is 7.18. The van der Waals surface area contributed by atoms with E-state index in [-0.39, 0.29) is 5.82 Å². The van der Waals surface area contributed by atoms with Gasteiger partial charge in [0.05, 0.1) is 22.2 Å². The molecule has 0 fully saturated rings. The summed E-state index contributed by atoms with van der Waals surface area (Å²) in [4.78, 5) is 0. The van der Waals surface area contributed by atoms with E-state index in [0.29, 0.717) is 16.2 Å². The van der Waals surface area contributed by atoms with Crippen LogP contribution in [0.25, 0.3) is 10.1 Å². The van der Waals surface area contributed by atoms with Crippen LogP contribution in [0, 0.1) is 5.82 Å². The summed E-state index contributed by atoms with van der Waals surface area (Å²) in [5, 5.41) is 2.60. The van der Waals surface area contributed by atoms with Crippen molar-refractivity contribution in [3.05, 3.63) is 28.4 Å². The van der Waals surface area contributed by atoms with Gasteiger partial charge < -0.3 is 4.74 Å². The van der Waals surface area contributed by atoms with E-state index in [2.05, 4.69) is 0 Å². The molecule has 0 spiro atoms. The third-order valence-electron chi connectivity index (χ3n) is 1.81. The molecule has 4 heteroatoms. The van der Waals surface area contributed by atoms with Gasteiger partial charge in [-0.2, -0.15) is 0 Å². The van der Waals surface area contributed by atoms with Gasteiger partial charge in [0.15, 0.2) is 0 Å². The second kappa shape index (κ2) is 3.16. The zero-order chi connectivity index (χ0) is 9.42. The molecule has 0 N–H and O–H groups in total. The molecular formula is C9H6ClFOS. The Labute approximate surface area is 83.7 Å². The monoisotopic (exact) mass is 216 g/mol. The molecule has 1 aromatic carbocycles. The van der Waals surface area contributed by atoms with E-state index in [9.17, 15) is 4.39 Å². The molecule has 1 nitrogen and oxygen atoms in total. The molecule has 0 amide bonds. The Hall–Kier alpha value is -0.800. The van der Waals surface area contributed by atoms with Gasteiger partial charge in [0.1, 0.15) is 11.6 Å². The number of methoxy groups -OCH3 is 1. The Morgan fingerprint density at radius 1 is 1.46 bits per heavy atom. The Kier molecular flexibility index (Phi) is 2.14. The fourth-order valence-electron chi connectivity index (χ4n) is 1.21. The van der Waals surface area contributed by atoms with Crippen LogP contribution in [0.5, 0.6) is 5.75 Å². The van der Waals surface area contributed by atoms with E-state index >= 15 is 0 Å². The van der Waals surface area contributed by atoms with Crippen molar-refractivity contribution in [2.75, 3.05) is 7.11 Å². The van der Waals surface area contributed by atoms with Crippen LogP contribution in [-0.2, 0) is 0 Å². The molecule has 13 heavy (non-hydrogen) atoms. The maximum atomic E-state index is 13.3. The van der Waals surface area contributed by atoms with Gasteiger partial charge in [-0.05, 0) is 12.1 Å². The molecule has 1 aromatic heterocycles. The van der Waals surface area contributed by atoms with E-state index in [1.165, 1.54) is 17.4 Å². The topological polar surface area (TPSA) is 9.23 Å². The third kappa shape index (κ3) is 1.28. The van der Waals surface area contributed by atoms with Crippen LogP contribution in [0.3, 0.4) is 0 Å². The predicted molar refractivity (Wildman–Crippen MR) is 53.3 cm³/mol. The largest absolute Gasteiger partial charge is 0.495 e. The van der Waals surface area contributed by atoms with Crippen LogP contribution in [-0.4, -0.2) is 7.11 Å². The lowest BCUT2D eigenvalue weighted by Crippen LogP contribution is -1.84. The van der Waals surface area contributed by atoms with Gasteiger partial charge >= 0.3 is 0 Å². The third-order valence-corrected chi connectivity index (χ3v) is 3.23. The van der Waals surface area contributed by atoms with Crippen LogP contribution >= 0.6 is 22.9 Å². The second-order valence-corrected chi connectivity index (χ2v) is 3.82. The zero-order valence-electron chi connectivity index (χ0n) is 6.80. The van der Waals surface area contributed by atoms with Crippen LogP contribution < -0.4 is 4.74 Å². The number of halogens is 2. The summed E-state index contributed by atoms with van der Waals surface area (Å²) in [5.41, 5.74) is 0. The molecule has 1 heterocycles. The van der Waals surface area contributed by atoms with Crippen molar-refractivity contribution in [3.8, 4) is 5.75 Å². The lowest BCUT2D eigenvalue weighted by Gasteiger charge is -2.01. The van der Waals surface area contributed by atoms with Gasteiger partial charge in [-0.15, -0.1) is 11.3 Å². The number of ether oxygens (including phenoxy) is 1. The molecule has 0 aliphatic rings. The standard InChI is InChI=1S/C9H6ClFOS/c1-12-7-3-2-6(11)8-5(10)4-13-9(7)8/h2-4H,1H3. The summed E-state index contributed by atoms with van der Waals surface area (Å²) in [5.74, 6) is 0.357. The van der Waals surface area contributed by atoms with Crippen molar-refractivity contribution in [2.45, 2.75) is 0 Å². The number of thiophene rings is 1. The lowest BCUT2D eigenvalue weighted by atomic mass is 10.2. The van der Waals surface area contributed by atoms with E-state index in [4.69, 9.17) is 16.3 Å². The van der Waals surface area contributed by atoms with Crippen molar-refractivity contribution in [1.29, 1.82) is 0 Å². The average Bonchev–Trinajstić information content (AvgIpc) is 2.50. The summed E-state index contributed by atoms with van der Waals surface area (Å²) in [7, 11) is 1.56. The molecule has 0 bridgehead atoms. The summed E-state index contributed by atoms with van der Waals surface area (Å²) < 4.78 is 19.1. The first-order chi connectivity index (χ1) is 6.24. The summed E-state index contributed by atoms with van der Waals surface area (Å²) in [6, 6.07) is 2.96. The minimum absolute atomic E-state index is 0.304. The number of benzene rings is 1. The van der Waals surface area contributed by atoms with Gasteiger partial charge in [0.2, 0.25) is 0 Å². The highest BCUT2D eigenvalue weighted by Gasteiger charge is 2.11. The van der Waals surface area contributed by atoms with E-state index in [1.54, 1.807) is 18.6 Å². The molecule has 2 aromatic rings. The Balaban J connectivity index is 2.87. The average molecular weight is 217 g/mol. The first-order valence-corrected chi connectivity index (χ1v) is 4.89. The van der Waals surface area contributed by atoms with Gasteiger partial charge in [0.25, 0.3) is 0 Å². The number of hydrogen-bond acceptors (Lipinski definition) is 2. The van der Waals surface area contributed by atoms with Crippen LogP contribution in [0.2, 0.25) is 5.02 Å². The highest BCUT2D eigenvalue weighted by atomic mass is 35.5. The van der Waals surface area contributed by atoms with Gasteiger partial charge in [-0.25, -0.2) is 4.39 Å². The van der Waals surface area contributed by atoms with Crippen LogP contribution in [0.4, 0.5) is 4.39 Å². The highest BCUT2D eigenvalue weighted by Crippen LogP contribution is 2.37.